The molecule has 1 N–H and O–H groups in total. The van der Waals surface area contributed by atoms with Crippen molar-refractivity contribution in [1.82, 2.24) is 4.98 Å². The highest BCUT2D eigenvalue weighted by atomic mass is 28.3. The van der Waals surface area contributed by atoms with Crippen molar-refractivity contribution >= 4 is 19.3 Å². The zero-order chi connectivity index (χ0) is 12.1. The summed E-state index contributed by atoms with van der Waals surface area (Å²) in [4.78, 5) is 3.75. The van der Waals surface area contributed by atoms with Gasteiger partial charge in [0, 0.05) is 0 Å². The van der Waals surface area contributed by atoms with E-state index in [1.807, 2.05) is 0 Å². The van der Waals surface area contributed by atoms with Crippen LogP contribution in [0.5, 0.6) is 0 Å². The molecule has 0 bridgehead atoms. The first kappa shape index (κ1) is 12.1. The molecule has 2 rings (SSSR count). The first-order valence-electron chi connectivity index (χ1n) is 6.13. The summed E-state index contributed by atoms with van der Waals surface area (Å²) in [5, 5.41) is 2.90. The van der Waals surface area contributed by atoms with Crippen LogP contribution in [0, 0.1) is 0 Å². The van der Waals surface area contributed by atoms with Crippen molar-refractivity contribution in [3.05, 3.63) is 60.7 Å². The molecule has 1 nitrogen and oxygen atoms in total. The molecule has 17 heavy (non-hydrogen) atoms. The van der Waals surface area contributed by atoms with E-state index in [2.05, 4.69) is 79.5 Å². The molecule has 0 radical (unpaired) electrons. The standard InChI is InChI=1S/C15H19NSi/c1-13(2)16-17(14-9-5-3-6-10-14)15-11-7-4-8-12-15/h3-13,16-17H,1-2H3. The maximum atomic E-state index is 3.75. The molecule has 0 aliphatic carbocycles. The van der Waals surface area contributed by atoms with Crippen LogP contribution in [0.25, 0.3) is 0 Å². The number of benzene rings is 2. The van der Waals surface area contributed by atoms with Crippen LogP contribution in [0.4, 0.5) is 0 Å². The van der Waals surface area contributed by atoms with Crippen LogP contribution in [0.15, 0.2) is 60.7 Å². The molecule has 0 aliphatic rings. The van der Waals surface area contributed by atoms with Gasteiger partial charge in [0.15, 0.2) is 8.96 Å². The Balaban J connectivity index is 2.32. The Morgan fingerprint density at radius 3 is 1.53 bits per heavy atom. The molecule has 2 heteroatoms. The molecule has 0 aromatic heterocycles. The molecule has 2 aromatic rings. The van der Waals surface area contributed by atoms with Gasteiger partial charge in [-0.1, -0.05) is 74.5 Å². The first-order valence-corrected chi connectivity index (χ1v) is 7.86. The lowest BCUT2D eigenvalue weighted by atomic mass is 10.4. The summed E-state index contributed by atoms with van der Waals surface area (Å²) in [5.74, 6) is 0. The van der Waals surface area contributed by atoms with Gasteiger partial charge in [0.2, 0.25) is 0 Å². The number of rotatable bonds is 4. The molecule has 0 spiro atoms. The van der Waals surface area contributed by atoms with Crippen LogP contribution >= 0.6 is 0 Å². The third-order valence-electron chi connectivity index (χ3n) is 2.77. The highest BCUT2D eigenvalue weighted by Gasteiger charge is 2.16. The van der Waals surface area contributed by atoms with E-state index in [9.17, 15) is 0 Å². The summed E-state index contributed by atoms with van der Waals surface area (Å²) in [6.45, 7) is 4.43. The Hall–Kier alpha value is -1.38. The van der Waals surface area contributed by atoms with Crippen molar-refractivity contribution in [3.63, 3.8) is 0 Å². The van der Waals surface area contributed by atoms with Gasteiger partial charge in [-0.25, -0.2) is 0 Å². The minimum Gasteiger partial charge on any atom is -0.330 e. The van der Waals surface area contributed by atoms with Crippen molar-refractivity contribution < 1.29 is 0 Å². The van der Waals surface area contributed by atoms with E-state index in [4.69, 9.17) is 0 Å². The monoisotopic (exact) mass is 241 g/mol. The van der Waals surface area contributed by atoms with Crippen LogP contribution in [-0.4, -0.2) is 15.0 Å². The quantitative estimate of drug-likeness (QED) is 0.801. The van der Waals surface area contributed by atoms with Gasteiger partial charge in [-0.3, -0.25) is 0 Å². The smallest absolute Gasteiger partial charge is 0.173 e. The number of hydrogen-bond acceptors (Lipinski definition) is 1. The lowest BCUT2D eigenvalue weighted by Gasteiger charge is -2.20. The molecule has 0 unspecified atom stereocenters. The Kier molecular flexibility index (Phi) is 4.12. The molecule has 0 heterocycles. The molecule has 88 valence electrons. The molecule has 2 aromatic carbocycles. The summed E-state index contributed by atoms with van der Waals surface area (Å²) < 4.78 is 0. The van der Waals surface area contributed by atoms with Gasteiger partial charge in [-0.2, -0.15) is 0 Å². The third kappa shape index (κ3) is 3.28. The van der Waals surface area contributed by atoms with E-state index in [0.29, 0.717) is 6.04 Å². The molecule has 0 atom stereocenters. The molecule has 0 saturated carbocycles. The van der Waals surface area contributed by atoms with E-state index in [1.165, 1.54) is 10.4 Å². The topological polar surface area (TPSA) is 12.0 Å². The van der Waals surface area contributed by atoms with Gasteiger partial charge in [0.1, 0.15) is 0 Å². The SMILES string of the molecule is CC(C)N[SiH](c1ccccc1)c1ccccc1. The van der Waals surface area contributed by atoms with Crippen molar-refractivity contribution in [2.24, 2.45) is 0 Å². The lowest BCUT2D eigenvalue weighted by Crippen LogP contribution is -2.56. The highest BCUT2D eigenvalue weighted by molar-refractivity contribution is 6.83. The van der Waals surface area contributed by atoms with Gasteiger partial charge in [0.25, 0.3) is 0 Å². The molecule has 0 fully saturated rings. The van der Waals surface area contributed by atoms with Crippen molar-refractivity contribution in [2.75, 3.05) is 0 Å². The minimum absolute atomic E-state index is 0.520. The Labute approximate surface area is 105 Å². The van der Waals surface area contributed by atoms with Crippen LogP contribution in [0.3, 0.4) is 0 Å². The number of nitrogens with one attached hydrogen (secondary N) is 1. The molecule has 0 saturated heterocycles. The van der Waals surface area contributed by atoms with Gasteiger partial charge in [0.05, 0.1) is 0 Å². The molecule has 0 aliphatic heterocycles. The summed E-state index contributed by atoms with van der Waals surface area (Å²) in [6, 6.07) is 22.1. The second kappa shape index (κ2) is 5.80. The van der Waals surface area contributed by atoms with Crippen molar-refractivity contribution in [1.29, 1.82) is 0 Å². The van der Waals surface area contributed by atoms with Gasteiger partial charge >= 0.3 is 0 Å². The zero-order valence-corrected chi connectivity index (χ0v) is 11.6. The summed E-state index contributed by atoms with van der Waals surface area (Å²) in [5.41, 5.74) is 0. The fourth-order valence-electron chi connectivity index (χ4n) is 2.01. The average Bonchev–Trinajstić information content (AvgIpc) is 2.38. The Bertz CT molecular complexity index is 399. The third-order valence-corrected chi connectivity index (χ3v) is 5.87. The van der Waals surface area contributed by atoms with Gasteiger partial charge < -0.3 is 4.98 Å². The normalized spacial score (nSPS) is 11.1. The number of hydrogen-bond donors (Lipinski definition) is 1. The van der Waals surface area contributed by atoms with Crippen molar-refractivity contribution in [3.8, 4) is 0 Å². The molecule has 0 amide bonds. The predicted molar refractivity (Wildman–Crippen MR) is 77.6 cm³/mol. The van der Waals surface area contributed by atoms with Crippen LogP contribution in [0.2, 0.25) is 0 Å². The van der Waals surface area contributed by atoms with Crippen molar-refractivity contribution in [2.45, 2.75) is 19.9 Å². The summed E-state index contributed by atoms with van der Waals surface area (Å²) in [6.07, 6.45) is 0. The van der Waals surface area contributed by atoms with E-state index in [0.717, 1.165) is 0 Å². The average molecular weight is 241 g/mol. The lowest BCUT2D eigenvalue weighted by molar-refractivity contribution is 0.751. The van der Waals surface area contributed by atoms with Crippen LogP contribution in [0.1, 0.15) is 13.8 Å². The second-order valence-corrected chi connectivity index (χ2v) is 7.11. The Morgan fingerprint density at radius 1 is 0.765 bits per heavy atom. The van der Waals surface area contributed by atoms with Gasteiger partial charge in [-0.05, 0) is 16.4 Å². The molecular weight excluding hydrogens is 222 g/mol. The minimum atomic E-state index is -1.26. The maximum absolute atomic E-state index is 3.75. The predicted octanol–water partition coefficient (Wildman–Crippen LogP) is 1.52. The second-order valence-electron chi connectivity index (χ2n) is 4.58. The van der Waals surface area contributed by atoms with E-state index in [1.54, 1.807) is 0 Å². The van der Waals surface area contributed by atoms with E-state index in [-0.39, 0.29) is 0 Å². The largest absolute Gasteiger partial charge is 0.330 e. The maximum Gasteiger partial charge on any atom is 0.173 e. The van der Waals surface area contributed by atoms with Crippen LogP contribution in [-0.2, 0) is 0 Å². The van der Waals surface area contributed by atoms with E-state index < -0.39 is 8.96 Å². The summed E-state index contributed by atoms with van der Waals surface area (Å²) >= 11 is 0. The summed E-state index contributed by atoms with van der Waals surface area (Å²) in [7, 11) is -1.26. The highest BCUT2D eigenvalue weighted by Crippen LogP contribution is 1.92. The molecular formula is C15H19NSi. The first-order chi connectivity index (χ1) is 8.27. The van der Waals surface area contributed by atoms with E-state index >= 15 is 0 Å². The Morgan fingerprint density at radius 2 is 1.18 bits per heavy atom. The van der Waals surface area contributed by atoms with Gasteiger partial charge in [-0.15, -0.1) is 0 Å². The zero-order valence-electron chi connectivity index (χ0n) is 10.4. The fraction of sp³-hybridized carbons (Fsp3) is 0.200. The van der Waals surface area contributed by atoms with Crippen LogP contribution < -0.4 is 15.4 Å². The fourth-order valence-corrected chi connectivity index (χ4v) is 4.66.